The lowest BCUT2D eigenvalue weighted by molar-refractivity contribution is 0.794. The molecule has 0 fully saturated rings. The summed E-state index contributed by atoms with van der Waals surface area (Å²) in [7, 11) is 0. The third-order valence-corrected chi connectivity index (χ3v) is 8.42. The second-order valence-corrected chi connectivity index (χ2v) is 10.3. The number of hydrogen-bond donors (Lipinski definition) is 0. The van der Waals surface area contributed by atoms with E-state index in [0.717, 1.165) is 11.1 Å². The molecule has 1 aromatic heterocycles. The van der Waals surface area contributed by atoms with Crippen molar-refractivity contribution in [1.29, 1.82) is 5.26 Å². The Labute approximate surface area is 227 Å². The van der Waals surface area contributed by atoms with Crippen molar-refractivity contribution in [1.82, 2.24) is 4.98 Å². The molecule has 2 aliphatic rings. The van der Waals surface area contributed by atoms with Gasteiger partial charge in [0.15, 0.2) is 0 Å². The van der Waals surface area contributed by atoms with Crippen LogP contribution in [0.5, 0.6) is 0 Å². The summed E-state index contributed by atoms with van der Waals surface area (Å²) in [5, 5.41) is 9.24. The Morgan fingerprint density at radius 3 is 1.46 bits per heavy atom. The molecular weight excluding hydrogens is 472 g/mol. The van der Waals surface area contributed by atoms with Gasteiger partial charge in [0, 0.05) is 6.20 Å². The van der Waals surface area contributed by atoms with Gasteiger partial charge in [0.1, 0.15) is 11.8 Å². The van der Waals surface area contributed by atoms with Crippen LogP contribution in [0.15, 0.2) is 134 Å². The van der Waals surface area contributed by atoms with Crippen LogP contribution in [-0.2, 0) is 5.41 Å². The van der Waals surface area contributed by atoms with Crippen LogP contribution in [0, 0.1) is 11.3 Å². The Morgan fingerprint density at radius 1 is 0.462 bits per heavy atom. The van der Waals surface area contributed by atoms with Gasteiger partial charge in [-0.25, -0.2) is 4.98 Å². The van der Waals surface area contributed by atoms with Gasteiger partial charge in [-0.15, -0.1) is 0 Å². The highest BCUT2D eigenvalue weighted by molar-refractivity contribution is 5.95. The Hall–Kier alpha value is -5.26. The molecule has 2 nitrogen and oxygen atoms in total. The summed E-state index contributed by atoms with van der Waals surface area (Å²) in [4.78, 5) is 4.10. The van der Waals surface area contributed by atoms with Crippen LogP contribution in [0.2, 0.25) is 0 Å². The van der Waals surface area contributed by atoms with Gasteiger partial charge in [-0.3, -0.25) is 0 Å². The fourth-order valence-electron chi connectivity index (χ4n) is 6.80. The number of benzene rings is 5. The predicted octanol–water partition coefficient (Wildman–Crippen LogP) is 8.63. The van der Waals surface area contributed by atoms with E-state index >= 15 is 0 Å². The summed E-state index contributed by atoms with van der Waals surface area (Å²) in [5.74, 6) is 0. The van der Waals surface area contributed by atoms with Crippen LogP contribution >= 0.6 is 0 Å². The van der Waals surface area contributed by atoms with Gasteiger partial charge in [-0.05, 0) is 85.0 Å². The standard InChI is InChI=1S/C37H22N2/c38-23-28-21-27(19-20-39-28)25-15-13-24(14-16-25)26-17-18-32-31-9-3-6-12-35(31)37(36(32)22-26)33-10-4-1-7-29(33)30-8-2-5-11-34(30)37/h1-22H. The fraction of sp³-hybridized carbons (Fsp3) is 0.0270. The SMILES string of the molecule is N#Cc1cc(-c2ccc(-c3ccc4c(c3)C3(c5ccccc5-c5ccccc53)c3ccccc3-4)cc2)ccn1. The second kappa shape index (κ2) is 8.12. The summed E-state index contributed by atoms with van der Waals surface area (Å²) < 4.78 is 0. The molecule has 0 aliphatic heterocycles. The van der Waals surface area contributed by atoms with Crippen LogP contribution in [0.3, 0.4) is 0 Å². The molecule has 6 aromatic rings. The van der Waals surface area contributed by atoms with Crippen molar-refractivity contribution in [2.75, 3.05) is 0 Å². The average Bonchev–Trinajstić information content (AvgIpc) is 3.48. The predicted molar refractivity (Wildman–Crippen MR) is 156 cm³/mol. The molecule has 39 heavy (non-hydrogen) atoms. The van der Waals surface area contributed by atoms with E-state index in [1.54, 1.807) is 6.20 Å². The Kier molecular flexibility index (Phi) is 4.54. The normalized spacial score (nSPS) is 13.3. The molecule has 0 amide bonds. The van der Waals surface area contributed by atoms with E-state index in [1.807, 2.05) is 12.1 Å². The Bertz CT molecular complexity index is 1910. The zero-order valence-electron chi connectivity index (χ0n) is 21.1. The van der Waals surface area contributed by atoms with Gasteiger partial charge >= 0.3 is 0 Å². The highest BCUT2D eigenvalue weighted by atomic mass is 14.7. The van der Waals surface area contributed by atoms with E-state index in [2.05, 4.69) is 126 Å². The smallest absolute Gasteiger partial charge is 0.141 e. The lowest BCUT2D eigenvalue weighted by Crippen LogP contribution is -2.25. The average molecular weight is 495 g/mol. The topological polar surface area (TPSA) is 36.7 Å². The molecule has 2 heteroatoms. The monoisotopic (exact) mass is 494 g/mol. The van der Waals surface area contributed by atoms with Gasteiger partial charge in [0.25, 0.3) is 0 Å². The second-order valence-electron chi connectivity index (χ2n) is 10.3. The number of pyridine rings is 1. The van der Waals surface area contributed by atoms with Gasteiger partial charge in [-0.2, -0.15) is 5.26 Å². The summed E-state index contributed by atoms with van der Waals surface area (Å²) in [6.45, 7) is 0. The lowest BCUT2D eigenvalue weighted by Gasteiger charge is -2.30. The molecule has 0 bridgehead atoms. The number of hydrogen-bond acceptors (Lipinski definition) is 2. The van der Waals surface area contributed by atoms with E-state index in [9.17, 15) is 5.26 Å². The van der Waals surface area contributed by atoms with E-state index in [0.29, 0.717) is 5.69 Å². The van der Waals surface area contributed by atoms with Crippen molar-refractivity contribution < 1.29 is 0 Å². The van der Waals surface area contributed by atoms with Crippen molar-refractivity contribution >= 4 is 0 Å². The van der Waals surface area contributed by atoms with E-state index in [1.165, 1.54) is 55.6 Å². The summed E-state index contributed by atoms with van der Waals surface area (Å²) >= 11 is 0. The molecule has 8 rings (SSSR count). The van der Waals surface area contributed by atoms with Crippen LogP contribution < -0.4 is 0 Å². The third kappa shape index (κ3) is 2.93. The molecule has 1 heterocycles. The highest BCUT2D eigenvalue weighted by Gasteiger charge is 2.51. The van der Waals surface area contributed by atoms with Crippen molar-refractivity contribution in [3.63, 3.8) is 0 Å². The van der Waals surface area contributed by atoms with Crippen molar-refractivity contribution in [3.05, 3.63) is 162 Å². The summed E-state index contributed by atoms with van der Waals surface area (Å²) in [6, 6.07) is 48.2. The molecule has 0 saturated carbocycles. The van der Waals surface area contributed by atoms with Gasteiger partial charge < -0.3 is 0 Å². The van der Waals surface area contributed by atoms with Crippen LogP contribution in [-0.4, -0.2) is 4.98 Å². The first-order chi connectivity index (χ1) is 19.3. The fourth-order valence-corrected chi connectivity index (χ4v) is 6.80. The van der Waals surface area contributed by atoms with Crippen LogP contribution in [0.1, 0.15) is 27.9 Å². The molecule has 0 saturated heterocycles. The minimum atomic E-state index is -0.334. The zero-order valence-corrected chi connectivity index (χ0v) is 21.1. The molecule has 0 unspecified atom stereocenters. The number of nitriles is 1. The largest absolute Gasteiger partial charge is 0.246 e. The maximum absolute atomic E-state index is 9.24. The first-order valence-corrected chi connectivity index (χ1v) is 13.2. The molecule has 0 N–H and O–H groups in total. The molecule has 1 spiro atoms. The van der Waals surface area contributed by atoms with Gasteiger partial charge in [-0.1, -0.05) is 109 Å². The highest BCUT2D eigenvalue weighted by Crippen LogP contribution is 2.62. The Morgan fingerprint density at radius 2 is 0.923 bits per heavy atom. The minimum Gasteiger partial charge on any atom is -0.246 e. The maximum atomic E-state index is 9.24. The molecule has 180 valence electrons. The summed E-state index contributed by atoms with van der Waals surface area (Å²) in [5.41, 5.74) is 15.2. The number of aromatic nitrogens is 1. The van der Waals surface area contributed by atoms with Crippen molar-refractivity contribution in [2.45, 2.75) is 5.41 Å². The lowest BCUT2D eigenvalue weighted by atomic mass is 9.70. The first kappa shape index (κ1) is 21.8. The van der Waals surface area contributed by atoms with Gasteiger partial charge in [0.05, 0.1) is 5.41 Å². The molecule has 0 atom stereocenters. The van der Waals surface area contributed by atoms with Crippen molar-refractivity contribution in [2.24, 2.45) is 0 Å². The van der Waals surface area contributed by atoms with E-state index in [4.69, 9.17) is 0 Å². The third-order valence-electron chi connectivity index (χ3n) is 8.42. The number of rotatable bonds is 2. The molecule has 5 aromatic carbocycles. The molecule has 0 radical (unpaired) electrons. The van der Waals surface area contributed by atoms with Crippen molar-refractivity contribution in [3.8, 4) is 50.6 Å². The number of nitrogens with zero attached hydrogens (tertiary/aromatic N) is 2. The Balaban J connectivity index is 1.33. The minimum absolute atomic E-state index is 0.334. The quantitative estimate of drug-likeness (QED) is 0.241. The zero-order chi connectivity index (χ0) is 26.0. The molecular formula is C37H22N2. The van der Waals surface area contributed by atoms with Crippen LogP contribution in [0.4, 0.5) is 0 Å². The van der Waals surface area contributed by atoms with Gasteiger partial charge in [0.2, 0.25) is 0 Å². The molecule has 2 aliphatic carbocycles. The van der Waals surface area contributed by atoms with Crippen LogP contribution in [0.25, 0.3) is 44.5 Å². The maximum Gasteiger partial charge on any atom is 0.141 e. The van der Waals surface area contributed by atoms with E-state index in [-0.39, 0.29) is 5.41 Å². The van der Waals surface area contributed by atoms with E-state index < -0.39 is 0 Å². The summed E-state index contributed by atoms with van der Waals surface area (Å²) in [6.07, 6.45) is 1.69. The first-order valence-electron chi connectivity index (χ1n) is 13.2. The number of fused-ring (bicyclic) bond motifs is 10.